The van der Waals surface area contributed by atoms with Gasteiger partial charge in [0.15, 0.2) is 0 Å². The fourth-order valence-electron chi connectivity index (χ4n) is 1.55. The van der Waals surface area contributed by atoms with Crippen molar-refractivity contribution in [3.05, 3.63) is 58.4 Å². The molecule has 92 valence electrons. The summed E-state index contributed by atoms with van der Waals surface area (Å²) in [5, 5.41) is 13.9. The van der Waals surface area contributed by atoms with Gasteiger partial charge in [-0.05, 0) is 23.8 Å². The predicted molar refractivity (Wildman–Crippen MR) is 69.1 cm³/mol. The first-order valence-corrected chi connectivity index (χ1v) is 5.33. The molecule has 6 heteroatoms. The van der Waals surface area contributed by atoms with E-state index < -0.39 is 4.92 Å². The van der Waals surface area contributed by atoms with Crippen LogP contribution in [-0.4, -0.2) is 9.91 Å². The fourth-order valence-corrected chi connectivity index (χ4v) is 1.55. The van der Waals surface area contributed by atoms with Crippen LogP contribution in [0.1, 0.15) is 5.56 Å². The zero-order chi connectivity index (χ0) is 13.0. The number of pyridine rings is 1. The molecule has 2 rings (SSSR count). The second-order valence-electron chi connectivity index (χ2n) is 3.75. The van der Waals surface area contributed by atoms with Crippen LogP contribution in [-0.2, 0) is 6.54 Å². The van der Waals surface area contributed by atoms with Gasteiger partial charge in [0.25, 0.3) is 5.69 Å². The Morgan fingerprint density at radius 2 is 2.22 bits per heavy atom. The van der Waals surface area contributed by atoms with Gasteiger partial charge < -0.3 is 11.1 Å². The van der Waals surface area contributed by atoms with Gasteiger partial charge in [0, 0.05) is 30.7 Å². The summed E-state index contributed by atoms with van der Waals surface area (Å²) >= 11 is 0. The second kappa shape index (κ2) is 5.13. The molecule has 0 amide bonds. The van der Waals surface area contributed by atoms with E-state index in [0.717, 1.165) is 5.56 Å². The number of benzene rings is 1. The van der Waals surface area contributed by atoms with Crippen LogP contribution >= 0.6 is 0 Å². The third kappa shape index (κ3) is 2.73. The highest BCUT2D eigenvalue weighted by atomic mass is 16.6. The van der Waals surface area contributed by atoms with Gasteiger partial charge in [-0.2, -0.15) is 0 Å². The average Bonchev–Trinajstić information content (AvgIpc) is 2.38. The van der Waals surface area contributed by atoms with Crippen molar-refractivity contribution in [2.45, 2.75) is 6.54 Å². The van der Waals surface area contributed by atoms with Crippen LogP contribution in [0.25, 0.3) is 0 Å². The number of rotatable bonds is 4. The monoisotopic (exact) mass is 244 g/mol. The number of anilines is 2. The Bertz CT molecular complexity index is 557. The molecule has 0 radical (unpaired) electrons. The zero-order valence-electron chi connectivity index (χ0n) is 9.54. The molecule has 0 aliphatic heterocycles. The van der Waals surface area contributed by atoms with E-state index in [1.165, 1.54) is 6.07 Å². The first-order chi connectivity index (χ1) is 8.66. The number of nitro benzene ring substituents is 1. The van der Waals surface area contributed by atoms with E-state index in [4.69, 9.17) is 5.73 Å². The number of nitrogen functional groups attached to an aromatic ring is 1. The van der Waals surface area contributed by atoms with E-state index in [0.29, 0.717) is 17.9 Å². The van der Waals surface area contributed by atoms with Gasteiger partial charge in [-0.25, -0.2) is 0 Å². The Balaban J connectivity index is 2.17. The average molecular weight is 244 g/mol. The quantitative estimate of drug-likeness (QED) is 0.488. The van der Waals surface area contributed by atoms with E-state index in [1.54, 1.807) is 24.5 Å². The molecule has 0 saturated carbocycles. The lowest BCUT2D eigenvalue weighted by Gasteiger charge is -2.07. The van der Waals surface area contributed by atoms with Gasteiger partial charge in [0.1, 0.15) is 5.69 Å². The van der Waals surface area contributed by atoms with Crippen molar-refractivity contribution in [1.29, 1.82) is 0 Å². The summed E-state index contributed by atoms with van der Waals surface area (Å²) in [4.78, 5) is 14.4. The minimum absolute atomic E-state index is 0.0288. The van der Waals surface area contributed by atoms with Gasteiger partial charge >= 0.3 is 0 Å². The molecule has 0 spiro atoms. The largest absolute Gasteiger partial charge is 0.399 e. The Labute approximate surface area is 104 Å². The number of nitrogens with zero attached hydrogens (tertiary/aromatic N) is 2. The van der Waals surface area contributed by atoms with Gasteiger partial charge in [0.2, 0.25) is 0 Å². The van der Waals surface area contributed by atoms with Crippen LogP contribution in [0.5, 0.6) is 0 Å². The number of nitrogens with two attached hydrogens (primary N) is 1. The van der Waals surface area contributed by atoms with E-state index in [2.05, 4.69) is 10.3 Å². The SMILES string of the molecule is Nc1ccc(NCc2cccnc2)c([N+](=O)[O-])c1. The zero-order valence-corrected chi connectivity index (χ0v) is 9.54. The highest BCUT2D eigenvalue weighted by molar-refractivity contribution is 5.66. The van der Waals surface area contributed by atoms with Gasteiger partial charge in [-0.15, -0.1) is 0 Å². The molecule has 1 aromatic carbocycles. The normalized spacial score (nSPS) is 10.0. The molecule has 0 unspecified atom stereocenters. The second-order valence-corrected chi connectivity index (χ2v) is 3.75. The minimum atomic E-state index is -0.456. The first kappa shape index (κ1) is 11.8. The minimum Gasteiger partial charge on any atom is -0.399 e. The third-order valence-electron chi connectivity index (χ3n) is 2.42. The summed E-state index contributed by atoms with van der Waals surface area (Å²) < 4.78 is 0. The number of aromatic nitrogens is 1. The van der Waals surface area contributed by atoms with Crippen LogP contribution < -0.4 is 11.1 Å². The molecule has 0 atom stereocenters. The molecular weight excluding hydrogens is 232 g/mol. The van der Waals surface area contributed by atoms with Gasteiger partial charge in [0.05, 0.1) is 4.92 Å². The smallest absolute Gasteiger partial charge is 0.294 e. The van der Waals surface area contributed by atoms with E-state index in [1.807, 2.05) is 12.1 Å². The third-order valence-corrected chi connectivity index (χ3v) is 2.42. The van der Waals surface area contributed by atoms with Crippen LogP contribution in [0.3, 0.4) is 0 Å². The van der Waals surface area contributed by atoms with Crippen molar-refractivity contribution in [1.82, 2.24) is 4.98 Å². The molecule has 0 aliphatic carbocycles. The van der Waals surface area contributed by atoms with Crippen molar-refractivity contribution in [2.24, 2.45) is 0 Å². The van der Waals surface area contributed by atoms with Crippen molar-refractivity contribution in [2.75, 3.05) is 11.1 Å². The van der Waals surface area contributed by atoms with Crippen molar-refractivity contribution < 1.29 is 4.92 Å². The Hall–Kier alpha value is -2.63. The summed E-state index contributed by atoms with van der Waals surface area (Å²) in [7, 11) is 0. The standard InChI is InChI=1S/C12H12N4O2/c13-10-3-4-11(12(6-10)16(17)18)15-8-9-2-1-5-14-7-9/h1-7,15H,8,13H2. The van der Waals surface area contributed by atoms with Crippen LogP contribution in [0, 0.1) is 10.1 Å². The van der Waals surface area contributed by atoms with Crippen LogP contribution in [0.15, 0.2) is 42.7 Å². The lowest BCUT2D eigenvalue weighted by molar-refractivity contribution is -0.383. The van der Waals surface area contributed by atoms with Crippen LogP contribution in [0.2, 0.25) is 0 Å². The molecule has 0 fully saturated rings. The van der Waals surface area contributed by atoms with E-state index in [-0.39, 0.29) is 5.69 Å². The number of nitro groups is 1. The molecular formula is C12H12N4O2. The molecule has 6 nitrogen and oxygen atoms in total. The Kier molecular flexibility index (Phi) is 3.38. The predicted octanol–water partition coefficient (Wildman–Crippen LogP) is 2.18. The lowest BCUT2D eigenvalue weighted by atomic mass is 10.2. The molecule has 1 aromatic heterocycles. The molecule has 0 bridgehead atoms. The maximum absolute atomic E-state index is 10.9. The lowest BCUT2D eigenvalue weighted by Crippen LogP contribution is -2.03. The maximum Gasteiger partial charge on any atom is 0.294 e. The van der Waals surface area contributed by atoms with Crippen molar-refractivity contribution >= 4 is 17.1 Å². The molecule has 18 heavy (non-hydrogen) atoms. The highest BCUT2D eigenvalue weighted by Gasteiger charge is 2.13. The molecule has 0 saturated heterocycles. The van der Waals surface area contributed by atoms with Gasteiger partial charge in [-0.3, -0.25) is 15.1 Å². The first-order valence-electron chi connectivity index (χ1n) is 5.33. The van der Waals surface area contributed by atoms with Crippen molar-refractivity contribution in [3.8, 4) is 0 Å². The molecule has 1 heterocycles. The highest BCUT2D eigenvalue weighted by Crippen LogP contribution is 2.26. The van der Waals surface area contributed by atoms with E-state index in [9.17, 15) is 10.1 Å². The summed E-state index contributed by atoms with van der Waals surface area (Å²) in [6.07, 6.45) is 3.38. The van der Waals surface area contributed by atoms with Crippen LogP contribution in [0.4, 0.5) is 17.1 Å². The summed E-state index contributed by atoms with van der Waals surface area (Å²) in [5.41, 5.74) is 7.26. The fraction of sp³-hybridized carbons (Fsp3) is 0.0833. The number of hydrogen-bond donors (Lipinski definition) is 2. The van der Waals surface area contributed by atoms with Crippen molar-refractivity contribution in [3.63, 3.8) is 0 Å². The summed E-state index contributed by atoms with van der Waals surface area (Å²) in [5.74, 6) is 0. The topological polar surface area (TPSA) is 94.1 Å². The number of hydrogen-bond acceptors (Lipinski definition) is 5. The van der Waals surface area contributed by atoms with Gasteiger partial charge in [-0.1, -0.05) is 6.07 Å². The summed E-state index contributed by atoms with van der Waals surface area (Å²) in [6, 6.07) is 8.27. The summed E-state index contributed by atoms with van der Waals surface area (Å²) in [6.45, 7) is 0.471. The number of nitrogens with one attached hydrogen (secondary N) is 1. The Morgan fingerprint density at radius 3 is 2.89 bits per heavy atom. The molecule has 0 aliphatic rings. The Morgan fingerprint density at radius 1 is 1.39 bits per heavy atom. The molecule has 3 N–H and O–H groups in total. The maximum atomic E-state index is 10.9. The van der Waals surface area contributed by atoms with E-state index >= 15 is 0 Å². The molecule has 2 aromatic rings.